The van der Waals surface area contributed by atoms with Gasteiger partial charge in [-0.25, -0.2) is 0 Å². The molecule has 1 rings (SSSR count). The highest BCUT2D eigenvalue weighted by Crippen LogP contribution is 2.12. The van der Waals surface area contributed by atoms with Crippen LogP contribution in [0.15, 0.2) is 18.3 Å². The van der Waals surface area contributed by atoms with Crippen molar-refractivity contribution in [3.8, 4) is 5.75 Å². The fraction of sp³-hybridized carbons (Fsp3) is 0.643. The van der Waals surface area contributed by atoms with Gasteiger partial charge in [0.15, 0.2) is 0 Å². The van der Waals surface area contributed by atoms with Gasteiger partial charge in [0.1, 0.15) is 12.4 Å². The number of ether oxygens (including phenoxy) is 2. The Hall–Kier alpha value is -1.13. The van der Waals surface area contributed by atoms with E-state index in [0.717, 1.165) is 37.6 Å². The lowest BCUT2D eigenvalue weighted by atomic mass is 10.3. The first-order valence-corrected chi connectivity index (χ1v) is 6.57. The van der Waals surface area contributed by atoms with Crippen molar-refractivity contribution in [2.45, 2.75) is 33.3 Å². The summed E-state index contributed by atoms with van der Waals surface area (Å²) in [5.41, 5.74) is 0.933. The highest BCUT2D eigenvalue weighted by molar-refractivity contribution is 5.25. The third-order valence-corrected chi connectivity index (χ3v) is 2.44. The van der Waals surface area contributed by atoms with E-state index in [1.807, 2.05) is 19.1 Å². The zero-order valence-electron chi connectivity index (χ0n) is 11.6. The van der Waals surface area contributed by atoms with Crippen LogP contribution < -0.4 is 10.1 Å². The summed E-state index contributed by atoms with van der Waals surface area (Å²) in [7, 11) is 0. The third kappa shape index (κ3) is 6.57. The van der Waals surface area contributed by atoms with E-state index in [9.17, 15) is 0 Å². The van der Waals surface area contributed by atoms with Crippen molar-refractivity contribution in [3.05, 3.63) is 24.0 Å². The molecule has 18 heavy (non-hydrogen) atoms. The van der Waals surface area contributed by atoms with E-state index < -0.39 is 0 Å². The first-order chi connectivity index (χ1) is 8.70. The molecule has 0 fully saturated rings. The monoisotopic (exact) mass is 252 g/mol. The maximum absolute atomic E-state index is 5.63. The molecule has 0 radical (unpaired) electrons. The lowest BCUT2D eigenvalue weighted by molar-refractivity contribution is 0.0770. The average Bonchev–Trinajstić information content (AvgIpc) is 2.34. The van der Waals surface area contributed by atoms with Gasteiger partial charge in [0, 0.05) is 19.3 Å². The Labute approximate surface area is 110 Å². The van der Waals surface area contributed by atoms with Crippen LogP contribution >= 0.6 is 0 Å². The van der Waals surface area contributed by atoms with Crippen molar-refractivity contribution in [3.63, 3.8) is 0 Å². The van der Waals surface area contributed by atoms with Crippen LogP contribution in [0.1, 0.15) is 26.0 Å². The smallest absolute Gasteiger partial charge is 0.140 e. The summed E-state index contributed by atoms with van der Waals surface area (Å²) in [5, 5.41) is 3.32. The third-order valence-electron chi connectivity index (χ3n) is 2.44. The molecule has 0 amide bonds. The van der Waals surface area contributed by atoms with E-state index in [1.165, 1.54) is 0 Å². The normalized spacial score (nSPS) is 10.9. The van der Waals surface area contributed by atoms with Crippen LogP contribution in [0.5, 0.6) is 5.75 Å². The van der Waals surface area contributed by atoms with Gasteiger partial charge in [-0.2, -0.15) is 0 Å². The van der Waals surface area contributed by atoms with Crippen molar-refractivity contribution < 1.29 is 9.47 Å². The Kier molecular flexibility index (Phi) is 7.37. The SMILES string of the molecule is Cc1ncccc1OCCNCCCOC(C)C. The summed E-state index contributed by atoms with van der Waals surface area (Å²) in [6.07, 6.45) is 3.13. The molecule has 0 atom stereocenters. The molecule has 0 saturated heterocycles. The molecular weight excluding hydrogens is 228 g/mol. The van der Waals surface area contributed by atoms with E-state index >= 15 is 0 Å². The van der Waals surface area contributed by atoms with Crippen molar-refractivity contribution in [2.24, 2.45) is 0 Å². The molecule has 4 nitrogen and oxygen atoms in total. The zero-order valence-corrected chi connectivity index (χ0v) is 11.6. The van der Waals surface area contributed by atoms with E-state index in [1.54, 1.807) is 6.20 Å². The van der Waals surface area contributed by atoms with Gasteiger partial charge >= 0.3 is 0 Å². The van der Waals surface area contributed by atoms with Crippen LogP contribution in [0.2, 0.25) is 0 Å². The molecule has 4 heteroatoms. The first-order valence-electron chi connectivity index (χ1n) is 6.57. The molecule has 0 aliphatic carbocycles. The average molecular weight is 252 g/mol. The number of rotatable bonds is 9. The molecule has 0 bridgehead atoms. The molecule has 0 saturated carbocycles. The number of hydrogen-bond donors (Lipinski definition) is 1. The molecule has 0 aromatic carbocycles. The van der Waals surface area contributed by atoms with Crippen molar-refractivity contribution >= 4 is 0 Å². The topological polar surface area (TPSA) is 43.4 Å². The molecule has 0 aliphatic heterocycles. The Bertz CT molecular complexity index is 329. The Morgan fingerprint density at radius 2 is 2.11 bits per heavy atom. The molecule has 1 aromatic rings. The van der Waals surface area contributed by atoms with Crippen LogP contribution in [0, 0.1) is 6.92 Å². The molecule has 0 spiro atoms. The van der Waals surface area contributed by atoms with Gasteiger partial charge < -0.3 is 14.8 Å². The van der Waals surface area contributed by atoms with Gasteiger partial charge in [-0.3, -0.25) is 4.98 Å². The van der Waals surface area contributed by atoms with E-state index in [0.29, 0.717) is 12.7 Å². The van der Waals surface area contributed by atoms with Gasteiger partial charge in [-0.05, 0) is 45.9 Å². The van der Waals surface area contributed by atoms with Gasteiger partial charge in [0.25, 0.3) is 0 Å². The van der Waals surface area contributed by atoms with Crippen LogP contribution in [-0.4, -0.2) is 37.4 Å². The molecule has 0 unspecified atom stereocenters. The van der Waals surface area contributed by atoms with E-state index in [2.05, 4.69) is 24.1 Å². The number of aromatic nitrogens is 1. The molecule has 102 valence electrons. The fourth-order valence-corrected chi connectivity index (χ4v) is 1.50. The summed E-state index contributed by atoms with van der Waals surface area (Å²) >= 11 is 0. The first kappa shape index (κ1) is 14.9. The van der Waals surface area contributed by atoms with E-state index in [4.69, 9.17) is 9.47 Å². The number of nitrogens with zero attached hydrogens (tertiary/aromatic N) is 1. The number of aryl methyl sites for hydroxylation is 1. The zero-order chi connectivity index (χ0) is 13.2. The van der Waals surface area contributed by atoms with Crippen LogP contribution in [-0.2, 0) is 4.74 Å². The summed E-state index contributed by atoms with van der Waals surface area (Å²) in [5.74, 6) is 0.863. The highest BCUT2D eigenvalue weighted by atomic mass is 16.5. The second kappa shape index (κ2) is 8.89. The second-order valence-electron chi connectivity index (χ2n) is 4.46. The van der Waals surface area contributed by atoms with Crippen molar-refractivity contribution in [1.82, 2.24) is 10.3 Å². The quantitative estimate of drug-likeness (QED) is 0.684. The van der Waals surface area contributed by atoms with Gasteiger partial charge in [-0.15, -0.1) is 0 Å². The predicted molar refractivity (Wildman–Crippen MR) is 73.0 cm³/mol. The van der Waals surface area contributed by atoms with Crippen molar-refractivity contribution in [1.29, 1.82) is 0 Å². The number of pyridine rings is 1. The minimum absolute atomic E-state index is 0.321. The summed E-state index contributed by atoms with van der Waals surface area (Å²) in [6, 6.07) is 3.83. The van der Waals surface area contributed by atoms with Gasteiger partial charge in [0.05, 0.1) is 11.8 Å². The maximum atomic E-state index is 5.63. The molecule has 1 heterocycles. The predicted octanol–water partition coefficient (Wildman–Crippen LogP) is 2.17. The minimum atomic E-state index is 0.321. The van der Waals surface area contributed by atoms with Gasteiger partial charge in [0.2, 0.25) is 0 Å². The summed E-state index contributed by atoms with van der Waals surface area (Å²) in [4.78, 5) is 4.17. The Morgan fingerprint density at radius 3 is 2.83 bits per heavy atom. The van der Waals surface area contributed by atoms with Gasteiger partial charge in [-0.1, -0.05) is 0 Å². The number of hydrogen-bond acceptors (Lipinski definition) is 4. The Morgan fingerprint density at radius 1 is 1.28 bits per heavy atom. The van der Waals surface area contributed by atoms with Crippen LogP contribution in [0.4, 0.5) is 0 Å². The molecule has 1 aromatic heterocycles. The van der Waals surface area contributed by atoms with E-state index in [-0.39, 0.29) is 0 Å². The summed E-state index contributed by atoms with van der Waals surface area (Å²) in [6.45, 7) is 9.34. The fourth-order valence-electron chi connectivity index (χ4n) is 1.50. The Balaban J connectivity index is 1.98. The van der Waals surface area contributed by atoms with Crippen molar-refractivity contribution in [2.75, 3.05) is 26.3 Å². The molecular formula is C14H24N2O2. The van der Waals surface area contributed by atoms with Crippen LogP contribution in [0.3, 0.4) is 0 Å². The van der Waals surface area contributed by atoms with Crippen LogP contribution in [0.25, 0.3) is 0 Å². The highest BCUT2D eigenvalue weighted by Gasteiger charge is 1.98. The minimum Gasteiger partial charge on any atom is -0.490 e. The molecule has 1 N–H and O–H groups in total. The largest absolute Gasteiger partial charge is 0.490 e. The lowest BCUT2D eigenvalue weighted by Gasteiger charge is -2.10. The standard InChI is InChI=1S/C14H24N2O2/c1-12(2)17-10-5-7-15-9-11-18-14-6-4-8-16-13(14)3/h4,6,8,12,15H,5,7,9-11H2,1-3H3. The number of nitrogens with one attached hydrogen (secondary N) is 1. The summed E-state index contributed by atoms with van der Waals surface area (Å²) < 4.78 is 11.1. The maximum Gasteiger partial charge on any atom is 0.140 e. The second-order valence-corrected chi connectivity index (χ2v) is 4.46. The molecule has 0 aliphatic rings. The lowest BCUT2D eigenvalue weighted by Crippen LogP contribution is -2.23.